The van der Waals surface area contributed by atoms with Gasteiger partial charge in [0, 0.05) is 57.0 Å². The van der Waals surface area contributed by atoms with E-state index in [9.17, 15) is 0 Å². The zero-order valence-electron chi connectivity index (χ0n) is 18.9. The largest absolute Gasteiger partial charge is 0.379 e. The minimum absolute atomic E-state index is 0. The van der Waals surface area contributed by atoms with E-state index >= 15 is 0 Å². The van der Waals surface area contributed by atoms with Crippen LogP contribution < -0.4 is 5.32 Å². The van der Waals surface area contributed by atoms with Crippen molar-refractivity contribution < 1.29 is 4.74 Å². The molecule has 1 atom stereocenters. The summed E-state index contributed by atoms with van der Waals surface area (Å²) >= 11 is 1.97. The lowest BCUT2D eigenvalue weighted by Crippen LogP contribution is -2.40. The van der Waals surface area contributed by atoms with E-state index in [1.165, 1.54) is 28.2 Å². The predicted octanol–water partition coefficient (Wildman–Crippen LogP) is 4.33. The number of hydrogen-bond donors (Lipinski definition) is 1. The minimum atomic E-state index is 0. The van der Waals surface area contributed by atoms with Gasteiger partial charge in [-0.15, -0.1) is 35.7 Å². The maximum atomic E-state index is 5.49. The first-order valence-corrected chi connectivity index (χ1v) is 12.3. The normalized spacial score (nSPS) is 19.6. The Kier molecular flexibility index (Phi) is 10.6. The van der Waals surface area contributed by atoms with Crippen LogP contribution in [-0.4, -0.2) is 68.0 Å². The predicted molar refractivity (Wildman–Crippen MR) is 145 cm³/mol. The molecule has 0 spiro atoms. The second kappa shape index (κ2) is 13.4. The van der Waals surface area contributed by atoms with Gasteiger partial charge < -0.3 is 15.0 Å². The first-order chi connectivity index (χ1) is 15.3. The Labute approximate surface area is 214 Å². The summed E-state index contributed by atoms with van der Waals surface area (Å²) in [6, 6.07) is 19.5. The van der Waals surface area contributed by atoms with E-state index in [2.05, 4.69) is 74.7 Å². The second-order valence-electron chi connectivity index (χ2n) is 8.28. The fraction of sp³-hybridized carbons (Fsp3) is 0.480. The van der Waals surface area contributed by atoms with Crippen molar-refractivity contribution in [2.24, 2.45) is 10.9 Å². The molecule has 0 radical (unpaired) electrons. The summed E-state index contributed by atoms with van der Waals surface area (Å²) in [7, 11) is 1.90. The van der Waals surface area contributed by atoms with Crippen molar-refractivity contribution in [1.82, 2.24) is 15.1 Å². The van der Waals surface area contributed by atoms with Gasteiger partial charge in [-0.2, -0.15) is 0 Å². The third-order valence-corrected chi connectivity index (χ3v) is 7.32. The SMILES string of the molecule is CN=C(NCc1ccccc1CN1CCOCC1)N1CCC(CSc2ccccc2)C1.I. The number of nitrogens with zero attached hydrogens (tertiary/aromatic N) is 3. The fourth-order valence-electron chi connectivity index (χ4n) is 4.28. The third kappa shape index (κ3) is 7.37. The van der Waals surface area contributed by atoms with Gasteiger partial charge in [-0.3, -0.25) is 9.89 Å². The highest BCUT2D eigenvalue weighted by Gasteiger charge is 2.25. The van der Waals surface area contributed by atoms with Crippen LogP contribution in [0.5, 0.6) is 0 Å². The van der Waals surface area contributed by atoms with Crippen molar-refractivity contribution in [1.29, 1.82) is 0 Å². The van der Waals surface area contributed by atoms with Crippen LogP contribution in [0.15, 0.2) is 64.5 Å². The monoisotopic (exact) mass is 566 g/mol. The van der Waals surface area contributed by atoms with Crippen molar-refractivity contribution in [3.63, 3.8) is 0 Å². The van der Waals surface area contributed by atoms with Crippen molar-refractivity contribution in [2.45, 2.75) is 24.4 Å². The van der Waals surface area contributed by atoms with Crippen LogP contribution in [0.4, 0.5) is 0 Å². The van der Waals surface area contributed by atoms with Gasteiger partial charge in [0.25, 0.3) is 0 Å². The van der Waals surface area contributed by atoms with Crippen LogP contribution in [0.1, 0.15) is 17.5 Å². The van der Waals surface area contributed by atoms with Crippen LogP contribution >= 0.6 is 35.7 Å². The zero-order valence-corrected chi connectivity index (χ0v) is 22.1. The quantitative estimate of drug-likeness (QED) is 0.234. The fourth-order valence-corrected chi connectivity index (χ4v) is 5.33. The molecule has 0 saturated carbocycles. The van der Waals surface area contributed by atoms with Crippen molar-refractivity contribution in [3.8, 4) is 0 Å². The average Bonchev–Trinajstić information content (AvgIpc) is 3.29. The molecule has 0 bridgehead atoms. The van der Waals surface area contributed by atoms with Gasteiger partial charge in [0.05, 0.1) is 13.2 Å². The molecule has 2 fully saturated rings. The van der Waals surface area contributed by atoms with E-state index in [1.807, 2.05) is 18.8 Å². The minimum Gasteiger partial charge on any atom is -0.379 e. The van der Waals surface area contributed by atoms with Crippen LogP contribution in [-0.2, 0) is 17.8 Å². The lowest BCUT2D eigenvalue weighted by atomic mass is 10.1. The second-order valence-corrected chi connectivity index (χ2v) is 9.38. The summed E-state index contributed by atoms with van der Waals surface area (Å²) < 4.78 is 5.49. The molecule has 0 amide bonds. The van der Waals surface area contributed by atoms with Gasteiger partial charge in [-0.05, 0) is 35.6 Å². The number of aliphatic imine (C=N–C) groups is 1. The Morgan fingerprint density at radius 2 is 1.75 bits per heavy atom. The maximum Gasteiger partial charge on any atom is 0.193 e. The first-order valence-electron chi connectivity index (χ1n) is 11.3. The molecule has 4 rings (SSSR count). The summed E-state index contributed by atoms with van der Waals surface area (Å²) in [4.78, 5) is 10.8. The number of benzene rings is 2. The number of morpholine rings is 1. The molecule has 2 aromatic carbocycles. The van der Waals surface area contributed by atoms with Crippen LogP contribution in [0, 0.1) is 5.92 Å². The number of ether oxygens (including phenoxy) is 1. The highest BCUT2D eigenvalue weighted by molar-refractivity contribution is 14.0. The number of halogens is 1. The molecule has 2 heterocycles. The van der Waals surface area contributed by atoms with Crippen LogP contribution in [0.25, 0.3) is 0 Å². The van der Waals surface area contributed by atoms with Gasteiger partial charge in [0.1, 0.15) is 0 Å². The number of thioether (sulfide) groups is 1. The summed E-state index contributed by atoms with van der Waals surface area (Å²) in [5, 5.41) is 3.63. The van der Waals surface area contributed by atoms with Gasteiger partial charge >= 0.3 is 0 Å². The van der Waals surface area contributed by atoms with Crippen molar-refractivity contribution in [3.05, 3.63) is 65.7 Å². The van der Waals surface area contributed by atoms with Gasteiger partial charge in [-0.25, -0.2) is 0 Å². The Balaban J connectivity index is 0.00000289. The molecule has 1 N–H and O–H groups in total. The highest BCUT2D eigenvalue weighted by Crippen LogP contribution is 2.26. The Hall–Kier alpha value is -1.29. The first kappa shape index (κ1) is 25.3. The average molecular weight is 567 g/mol. The summed E-state index contributed by atoms with van der Waals surface area (Å²) in [5.41, 5.74) is 2.75. The van der Waals surface area contributed by atoms with E-state index in [4.69, 9.17) is 4.74 Å². The Morgan fingerprint density at radius 1 is 1.03 bits per heavy atom. The summed E-state index contributed by atoms with van der Waals surface area (Å²) in [6.45, 7) is 7.66. The van der Waals surface area contributed by atoms with E-state index in [-0.39, 0.29) is 24.0 Å². The van der Waals surface area contributed by atoms with E-state index in [0.29, 0.717) is 5.92 Å². The van der Waals surface area contributed by atoms with E-state index in [1.54, 1.807) is 0 Å². The molecule has 174 valence electrons. The molecule has 5 nitrogen and oxygen atoms in total. The standard InChI is InChI=1S/C25H34N4OS.HI/c1-26-25(29-12-11-21(18-29)20-31-24-9-3-2-4-10-24)27-17-22-7-5-6-8-23(22)19-28-13-15-30-16-14-28;/h2-10,21H,11-20H2,1H3,(H,26,27);1H. The molecule has 2 aliphatic heterocycles. The number of nitrogens with one attached hydrogen (secondary N) is 1. The third-order valence-electron chi connectivity index (χ3n) is 6.08. The summed E-state index contributed by atoms with van der Waals surface area (Å²) in [5.74, 6) is 2.89. The van der Waals surface area contributed by atoms with E-state index in [0.717, 1.165) is 58.4 Å². The smallest absolute Gasteiger partial charge is 0.193 e. The summed E-state index contributed by atoms with van der Waals surface area (Å²) in [6.07, 6.45) is 1.23. The number of rotatable bonds is 7. The van der Waals surface area contributed by atoms with Crippen LogP contribution in [0.2, 0.25) is 0 Å². The molecule has 0 aliphatic carbocycles. The van der Waals surface area contributed by atoms with E-state index < -0.39 is 0 Å². The van der Waals surface area contributed by atoms with Gasteiger partial charge in [-0.1, -0.05) is 42.5 Å². The van der Waals surface area contributed by atoms with Crippen molar-refractivity contribution >= 4 is 41.7 Å². The molecule has 2 aliphatic rings. The molecular weight excluding hydrogens is 531 g/mol. The molecule has 1 unspecified atom stereocenters. The number of likely N-dealkylation sites (tertiary alicyclic amines) is 1. The number of guanidine groups is 1. The molecular formula is C25H35IN4OS. The zero-order chi connectivity index (χ0) is 21.3. The number of hydrogen-bond acceptors (Lipinski definition) is 4. The lowest BCUT2D eigenvalue weighted by Gasteiger charge is -2.28. The van der Waals surface area contributed by atoms with Crippen LogP contribution in [0.3, 0.4) is 0 Å². The molecule has 2 aromatic rings. The highest BCUT2D eigenvalue weighted by atomic mass is 127. The Bertz CT molecular complexity index is 845. The maximum absolute atomic E-state index is 5.49. The molecule has 0 aromatic heterocycles. The van der Waals surface area contributed by atoms with Crippen molar-refractivity contribution in [2.75, 3.05) is 52.2 Å². The lowest BCUT2D eigenvalue weighted by molar-refractivity contribution is 0.0341. The van der Waals surface area contributed by atoms with Gasteiger partial charge in [0.15, 0.2) is 5.96 Å². The molecule has 32 heavy (non-hydrogen) atoms. The topological polar surface area (TPSA) is 40.1 Å². The molecule has 7 heteroatoms. The van der Waals surface area contributed by atoms with Gasteiger partial charge in [0.2, 0.25) is 0 Å². The Morgan fingerprint density at radius 3 is 2.50 bits per heavy atom. The molecule has 2 saturated heterocycles.